The predicted molar refractivity (Wildman–Crippen MR) is 125 cm³/mol. The van der Waals surface area contributed by atoms with Crippen molar-refractivity contribution in [2.24, 2.45) is 0 Å². The minimum absolute atomic E-state index is 0.0203. The molecular formula is C24H32N4O7. The Morgan fingerprint density at radius 1 is 1.11 bits per heavy atom. The molecule has 0 saturated carbocycles. The van der Waals surface area contributed by atoms with Crippen LogP contribution < -0.4 is 20.7 Å². The topological polar surface area (TPSA) is 151 Å². The van der Waals surface area contributed by atoms with Gasteiger partial charge in [0.05, 0.1) is 11.1 Å². The molecule has 35 heavy (non-hydrogen) atoms. The van der Waals surface area contributed by atoms with Crippen LogP contribution in [0.1, 0.15) is 74.1 Å². The number of imide groups is 2. The minimum Gasteiger partial charge on any atom is -0.483 e. The molecule has 11 nitrogen and oxygen atoms in total. The van der Waals surface area contributed by atoms with Crippen LogP contribution in [0.5, 0.6) is 5.75 Å². The fraction of sp³-hybridized carbons (Fsp3) is 0.500. The van der Waals surface area contributed by atoms with Crippen LogP contribution in [0.25, 0.3) is 0 Å². The number of fused-ring (bicyclic) bond motifs is 1. The molecule has 0 spiro atoms. The Kier molecular flexibility index (Phi) is 9.92. The van der Waals surface area contributed by atoms with Crippen LogP contribution in [0.4, 0.5) is 0 Å². The lowest BCUT2D eigenvalue weighted by molar-refractivity contribution is -0.136. The Morgan fingerprint density at radius 2 is 1.83 bits per heavy atom. The summed E-state index contributed by atoms with van der Waals surface area (Å²) < 4.78 is 5.49. The summed E-state index contributed by atoms with van der Waals surface area (Å²) in [6.45, 7) is 7.61. The second-order valence-electron chi connectivity index (χ2n) is 8.09. The zero-order chi connectivity index (χ0) is 26.1. The van der Waals surface area contributed by atoms with Crippen LogP contribution in [0.2, 0.25) is 0 Å². The second kappa shape index (κ2) is 12.6. The fourth-order valence-electron chi connectivity index (χ4n) is 3.67. The molecule has 0 bridgehead atoms. The Labute approximate surface area is 203 Å². The van der Waals surface area contributed by atoms with Crippen molar-refractivity contribution in [1.29, 1.82) is 0 Å². The van der Waals surface area contributed by atoms with E-state index in [4.69, 9.17) is 4.74 Å². The third-order valence-electron chi connectivity index (χ3n) is 5.14. The summed E-state index contributed by atoms with van der Waals surface area (Å²) in [5, 5.41) is 7.52. The van der Waals surface area contributed by atoms with E-state index in [1.54, 1.807) is 0 Å². The third kappa shape index (κ3) is 6.87. The summed E-state index contributed by atoms with van der Waals surface area (Å²) in [6.07, 6.45) is 0.799. The van der Waals surface area contributed by atoms with Gasteiger partial charge in [-0.15, -0.1) is 0 Å². The molecule has 0 aromatic heterocycles. The van der Waals surface area contributed by atoms with Gasteiger partial charge in [-0.2, -0.15) is 0 Å². The molecule has 6 amide bonds. The molecule has 190 valence electrons. The number of nitrogens with zero attached hydrogens (tertiary/aromatic N) is 1. The molecule has 1 fully saturated rings. The Hall–Kier alpha value is -3.76. The van der Waals surface area contributed by atoms with Crippen molar-refractivity contribution in [2.45, 2.75) is 65.5 Å². The molecule has 1 aromatic rings. The first-order valence-corrected chi connectivity index (χ1v) is 11.7. The van der Waals surface area contributed by atoms with Crippen LogP contribution in [0, 0.1) is 0 Å². The van der Waals surface area contributed by atoms with E-state index in [0.29, 0.717) is 6.42 Å². The Bertz CT molecular complexity index is 1010. The Morgan fingerprint density at radius 3 is 2.49 bits per heavy atom. The lowest BCUT2D eigenvalue weighted by Gasteiger charge is -2.27. The highest BCUT2D eigenvalue weighted by Gasteiger charge is 2.46. The molecule has 1 saturated heterocycles. The number of benzene rings is 1. The van der Waals surface area contributed by atoms with E-state index in [1.165, 1.54) is 18.2 Å². The van der Waals surface area contributed by atoms with Gasteiger partial charge < -0.3 is 15.4 Å². The first-order valence-electron chi connectivity index (χ1n) is 11.7. The molecule has 2 aliphatic heterocycles. The maximum atomic E-state index is 13.0. The molecule has 0 radical (unpaired) electrons. The van der Waals surface area contributed by atoms with Crippen LogP contribution in [-0.4, -0.2) is 65.6 Å². The van der Waals surface area contributed by atoms with Crippen LogP contribution in [0.15, 0.2) is 18.2 Å². The number of ether oxygens (including phenoxy) is 1. The average molecular weight is 489 g/mol. The van der Waals surface area contributed by atoms with Crippen molar-refractivity contribution >= 4 is 35.4 Å². The quantitative estimate of drug-likeness (QED) is 0.345. The van der Waals surface area contributed by atoms with Gasteiger partial charge in [0.25, 0.3) is 17.7 Å². The van der Waals surface area contributed by atoms with Crippen molar-refractivity contribution in [3.63, 3.8) is 0 Å². The first kappa shape index (κ1) is 27.5. The normalized spacial score (nSPS) is 16.8. The highest BCUT2D eigenvalue weighted by molar-refractivity contribution is 6.24. The van der Waals surface area contributed by atoms with Crippen molar-refractivity contribution < 1.29 is 33.5 Å². The van der Waals surface area contributed by atoms with Crippen LogP contribution in [0.3, 0.4) is 0 Å². The number of hydrogen-bond donors (Lipinski definition) is 3. The molecule has 2 aliphatic rings. The smallest absolute Gasteiger partial charge is 0.266 e. The van der Waals surface area contributed by atoms with Crippen molar-refractivity contribution in [3.8, 4) is 5.75 Å². The lowest BCUT2D eigenvalue weighted by Crippen LogP contribution is -2.54. The highest BCUT2D eigenvalue weighted by atomic mass is 16.5. The molecule has 0 aliphatic carbocycles. The zero-order valence-corrected chi connectivity index (χ0v) is 20.4. The van der Waals surface area contributed by atoms with Crippen LogP contribution >= 0.6 is 0 Å². The van der Waals surface area contributed by atoms with E-state index in [0.717, 1.165) is 4.90 Å². The number of amides is 6. The molecule has 3 N–H and O–H groups in total. The number of carbonyl (C=O) groups is 6. The fourth-order valence-corrected chi connectivity index (χ4v) is 3.67. The third-order valence-corrected chi connectivity index (χ3v) is 5.14. The summed E-state index contributed by atoms with van der Waals surface area (Å²) in [6, 6.07) is 3.38. The van der Waals surface area contributed by atoms with Crippen molar-refractivity contribution in [1.82, 2.24) is 20.9 Å². The van der Waals surface area contributed by atoms with Crippen LogP contribution in [-0.2, 0) is 19.2 Å². The number of hydrogen-bond acceptors (Lipinski definition) is 7. The molecule has 2 heterocycles. The minimum atomic E-state index is -1.08. The number of piperidine rings is 1. The summed E-state index contributed by atoms with van der Waals surface area (Å²) in [7, 11) is 0. The van der Waals surface area contributed by atoms with Crippen molar-refractivity contribution in [2.75, 3.05) is 13.2 Å². The maximum absolute atomic E-state index is 13.0. The van der Waals surface area contributed by atoms with Gasteiger partial charge in [-0.05, 0) is 38.8 Å². The number of nitrogens with one attached hydrogen (secondary N) is 3. The molecule has 1 unspecified atom stereocenters. The predicted octanol–water partition coefficient (Wildman–Crippen LogP) is 0.914. The van der Waals surface area contributed by atoms with Gasteiger partial charge >= 0.3 is 0 Å². The number of rotatable bonds is 9. The molecule has 1 atom stereocenters. The molecular weight excluding hydrogens is 456 g/mol. The molecule has 11 heteroatoms. The molecule has 3 rings (SSSR count). The summed E-state index contributed by atoms with van der Waals surface area (Å²) in [5.41, 5.74) is 0.0455. The van der Waals surface area contributed by atoms with E-state index < -0.39 is 42.2 Å². The standard InChI is InChI=1S/C22H26N4O7.C2H6/c1-12(2)24-16(27)7-4-10-23-18(29)11-33-15-6-3-5-13-19(15)22(32)26(21(13)31)14-8-9-17(28)25-20(14)30;1-2/h3,5-6,12,14H,4,7-11H2,1-2H3,(H,23,29)(H,24,27)(H,25,28,30);1-2H3. The second-order valence-corrected chi connectivity index (χ2v) is 8.09. The van der Waals surface area contributed by atoms with Crippen molar-refractivity contribution in [3.05, 3.63) is 29.3 Å². The van der Waals surface area contributed by atoms with E-state index in [9.17, 15) is 28.8 Å². The highest BCUT2D eigenvalue weighted by Crippen LogP contribution is 2.33. The SMILES string of the molecule is CC.CC(C)NC(=O)CCCNC(=O)COc1cccc2c1C(=O)N(C1CCC(=O)NC1=O)C2=O. The van der Waals surface area contributed by atoms with E-state index in [-0.39, 0.29) is 54.6 Å². The lowest BCUT2D eigenvalue weighted by atomic mass is 10.0. The number of carbonyl (C=O) groups excluding carboxylic acids is 6. The first-order chi connectivity index (χ1) is 16.7. The largest absolute Gasteiger partial charge is 0.483 e. The Balaban J connectivity index is 0.00000210. The summed E-state index contributed by atoms with van der Waals surface area (Å²) >= 11 is 0. The van der Waals surface area contributed by atoms with Gasteiger partial charge in [-0.25, -0.2) is 0 Å². The van der Waals surface area contributed by atoms with E-state index in [1.807, 2.05) is 27.7 Å². The van der Waals surface area contributed by atoms with Gasteiger partial charge in [0.2, 0.25) is 17.7 Å². The maximum Gasteiger partial charge on any atom is 0.266 e. The van der Waals surface area contributed by atoms with Gasteiger partial charge in [0.15, 0.2) is 6.61 Å². The van der Waals surface area contributed by atoms with Gasteiger partial charge in [0, 0.05) is 25.4 Å². The summed E-state index contributed by atoms with van der Waals surface area (Å²) in [5.74, 6) is -3.02. The van der Waals surface area contributed by atoms with E-state index >= 15 is 0 Å². The summed E-state index contributed by atoms with van der Waals surface area (Å²) in [4.78, 5) is 73.8. The van der Waals surface area contributed by atoms with Gasteiger partial charge in [0.1, 0.15) is 11.8 Å². The van der Waals surface area contributed by atoms with E-state index in [2.05, 4.69) is 16.0 Å². The van der Waals surface area contributed by atoms with Gasteiger partial charge in [-0.3, -0.25) is 39.0 Å². The molecule has 1 aromatic carbocycles. The monoisotopic (exact) mass is 488 g/mol. The average Bonchev–Trinajstić information content (AvgIpc) is 3.07. The van der Waals surface area contributed by atoms with Gasteiger partial charge in [-0.1, -0.05) is 19.9 Å². The zero-order valence-electron chi connectivity index (χ0n) is 20.4.